The van der Waals surface area contributed by atoms with E-state index < -0.39 is 0 Å². The predicted molar refractivity (Wildman–Crippen MR) is 98.3 cm³/mol. The molecule has 1 amide bonds. The number of carbonyl (C=O) groups excluding carboxylic acids is 1. The number of aliphatic hydroxyl groups is 1. The first-order valence-electron chi connectivity index (χ1n) is 8.32. The fourth-order valence-corrected chi connectivity index (χ4v) is 2.76. The first kappa shape index (κ1) is 17.0. The van der Waals surface area contributed by atoms with Crippen molar-refractivity contribution in [3.8, 4) is 11.3 Å². The molecule has 2 N–H and O–H groups in total. The summed E-state index contributed by atoms with van der Waals surface area (Å²) in [5, 5.41) is 12.8. The van der Waals surface area contributed by atoms with Gasteiger partial charge in [-0.05, 0) is 50.6 Å². The van der Waals surface area contributed by atoms with Crippen LogP contribution in [0.3, 0.4) is 0 Å². The molecule has 3 aromatic rings. The second-order valence-corrected chi connectivity index (χ2v) is 6.20. The van der Waals surface area contributed by atoms with Gasteiger partial charge >= 0.3 is 0 Å². The Hall–Kier alpha value is -2.79. The number of carbonyl (C=O) groups is 1. The molecule has 1 unspecified atom stereocenters. The number of rotatable bonds is 5. The van der Waals surface area contributed by atoms with E-state index in [1.54, 1.807) is 18.5 Å². The molecule has 1 aromatic carbocycles. The zero-order valence-corrected chi connectivity index (χ0v) is 14.4. The highest BCUT2D eigenvalue weighted by Gasteiger charge is 2.16. The molecule has 0 bridgehead atoms. The van der Waals surface area contributed by atoms with Crippen LogP contribution in [0.25, 0.3) is 22.2 Å². The Labute approximate surface area is 146 Å². The van der Waals surface area contributed by atoms with Gasteiger partial charge in [0.05, 0.1) is 16.8 Å². The van der Waals surface area contributed by atoms with Crippen LogP contribution in [0.5, 0.6) is 0 Å². The largest absolute Gasteiger partial charge is 0.396 e. The fraction of sp³-hybridized carbons (Fsp3) is 0.250. The molecule has 0 radical (unpaired) electrons. The van der Waals surface area contributed by atoms with E-state index in [1.165, 1.54) is 0 Å². The highest BCUT2D eigenvalue weighted by Crippen LogP contribution is 2.25. The van der Waals surface area contributed by atoms with Gasteiger partial charge in [0.25, 0.3) is 5.91 Å². The smallest absolute Gasteiger partial charge is 0.252 e. The van der Waals surface area contributed by atoms with E-state index in [0.29, 0.717) is 17.7 Å². The highest BCUT2D eigenvalue weighted by molar-refractivity contribution is 6.07. The van der Waals surface area contributed by atoms with Gasteiger partial charge in [0.1, 0.15) is 0 Å². The number of hydrogen-bond donors (Lipinski definition) is 2. The minimum Gasteiger partial charge on any atom is -0.396 e. The zero-order chi connectivity index (χ0) is 17.8. The lowest BCUT2D eigenvalue weighted by atomic mass is 10.0. The average Bonchev–Trinajstić information content (AvgIpc) is 2.61. The predicted octanol–water partition coefficient (Wildman–Crippen LogP) is 3.11. The summed E-state index contributed by atoms with van der Waals surface area (Å²) in [4.78, 5) is 21.6. The minimum atomic E-state index is -0.163. The number of aromatic nitrogens is 2. The van der Waals surface area contributed by atoms with Gasteiger partial charge < -0.3 is 10.4 Å². The van der Waals surface area contributed by atoms with Crippen molar-refractivity contribution >= 4 is 16.8 Å². The Morgan fingerprint density at radius 2 is 2.12 bits per heavy atom. The first-order chi connectivity index (χ1) is 12.1. The zero-order valence-electron chi connectivity index (χ0n) is 14.4. The van der Waals surface area contributed by atoms with Crippen molar-refractivity contribution in [2.45, 2.75) is 26.3 Å². The SMILES string of the molecule is Cc1ccc2nc(-c3cccnc3)cc(C(=O)NC(C)CCO)c2c1. The van der Waals surface area contributed by atoms with Gasteiger partial charge in [-0.15, -0.1) is 0 Å². The highest BCUT2D eigenvalue weighted by atomic mass is 16.3. The molecule has 0 spiro atoms. The van der Waals surface area contributed by atoms with E-state index in [9.17, 15) is 4.79 Å². The third-order valence-corrected chi connectivity index (χ3v) is 4.11. The van der Waals surface area contributed by atoms with E-state index in [1.807, 2.05) is 44.2 Å². The minimum absolute atomic E-state index is 0.0403. The molecular weight excluding hydrogens is 314 g/mol. The maximum Gasteiger partial charge on any atom is 0.252 e. The van der Waals surface area contributed by atoms with Crippen LogP contribution in [-0.2, 0) is 0 Å². The standard InChI is InChI=1S/C20H21N3O2/c1-13-5-6-18-16(10-13)17(20(25)22-14(2)7-9-24)11-19(23-18)15-4-3-8-21-12-15/h3-6,8,10-12,14,24H,7,9H2,1-2H3,(H,22,25). The molecule has 5 heteroatoms. The van der Waals surface area contributed by atoms with Crippen LogP contribution in [0.4, 0.5) is 0 Å². The third kappa shape index (κ3) is 3.83. The van der Waals surface area contributed by atoms with Crippen LogP contribution >= 0.6 is 0 Å². The summed E-state index contributed by atoms with van der Waals surface area (Å²) in [5.41, 5.74) is 4.00. The van der Waals surface area contributed by atoms with Crippen molar-refractivity contribution in [3.63, 3.8) is 0 Å². The van der Waals surface area contributed by atoms with Gasteiger partial charge in [0, 0.05) is 36.0 Å². The molecule has 128 valence electrons. The molecule has 0 saturated heterocycles. The van der Waals surface area contributed by atoms with Gasteiger partial charge in [-0.2, -0.15) is 0 Å². The fourth-order valence-electron chi connectivity index (χ4n) is 2.76. The lowest BCUT2D eigenvalue weighted by Crippen LogP contribution is -2.33. The van der Waals surface area contributed by atoms with Crippen LogP contribution in [0.2, 0.25) is 0 Å². The van der Waals surface area contributed by atoms with Crippen molar-refractivity contribution in [1.29, 1.82) is 0 Å². The maximum atomic E-state index is 12.8. The van der Waals surface area contributed by atoms with E-state index >= 15 is 0 Å². The summed E-state index contributed by atoms with van der Waals surface area (Å²) in [7, 11) is 0. The molecule has 25 heavy (non-hydrogen) atoms. The molecule has 1 atom stereocenters. The van der Waals surface area contributed by atoms with Gasteiger partial charge in [-0.25, -0.2) is 4.98 Å². The normalized spacial score (nSPS) is 12.1. The number of hydrogen-bond acceptors (Lipinski definition) is 4. The van der Waals surface area contributed by atoms with E-state index in [-0.39, 0.29) is 18.6 Å². The van der Waals surface area contributed by atoms with Crippen molar-refractivity contribution in [2.75, 3.05) is 6.61 Å². The van der Waals surface area contributed by atoms with E-state index in [0.717, 1.165) is 22.0 Å². The van der Waals surface area contributed by atoms with E-state index in [4.69, 9.17) is 5.11 Å². The molecule has 0 fully saturated rings. The molecular formula is C20H21N3O2. The monoisotopic (exact) mass is 335 g/mol. The van der Waals surface area contributed by atoms with Crippen molar-refractivity contribution in [2.24, 2.45) is 0 Å². The topological polar surface area (TPSA) is 75.1 Å². The molecule has 2 aromatic heterocycles. The number of aliphatic hydroxyl groups excluding tert-OH is 1. The summed E-state index contributed by atoms with van der Waals surface area (Å²) in [5.74, 6) is -0.163. The summed E-state index contributed by atoms with van der Waals surface area (Å²) in [6.45, 7) is 3.91. The molecule has 3 rings (SSSR count). The number of aryl methyl sites for hydroxylation is 1. The van der Waals surface area contributed by atoms with Crippen LogP contribution in [-0.4, -0.2) is 33.6 Å². The second-order valence-electron chi connectivity index (χ2n) is 6.20. The van der Waals surface area contributed by atoms with Gasteiger partial charge in [0.15, 0.2) is 0 Å². The molecule has 5 nitrogen and oxygen atoms in total. The average molecular weight is 335 g/mol. The summed E-state index contributed by atoms with van der Waals surface area (Å²) in [6, 6.07) is 11.4. The quantitative estimate of drug-likeness (QED) is 0.751. The van der Waals surface area contributed by atoms with Crippen LogP contribution in [0.1, 0.15) is 29.3 Å². The van der Waals surface area contributed by atoms with Gasteiger partial charge in [0.2, 0.25) is 0 Å². The van der Waals surface area contributed by atoms with Crippen LogP contribution < -0.4 is 5.32 Å². The Kier molecular flexibility index (Phi) is 5.05. The number of fused-ring (bicyclic) bond motifs is 1. The van der Waals surface area contributed by atoms with E-state index in [2.05, 4.69) is 15.3 Å². The van der Waals surface area contributed by atoms with Gasteiger partial charge in [-0.1, -0.05) is 11.6 Å². The molecule has 0 saturated carbocycles. The Morgan fingerprint density at radius 3 is 2.84 bits per heavy atom. The molecule has 0 aliphatic heterocycles. The molecule has 0 aliphatic carbocycles. The Balaban J connectivity index is 2.10. The summed E-state index contributed by atoms with van der Waals surface area (Å²) in [6.07, 6.45) is 3.96. The molecule has 0 aliphatic rings. The number of amides is 1. The summed E-state index contributed by atoms with van der Waals surface area (Å²) < 4.78 is 0. The molecule has 2 heterocycles. The van der Waals surface area contributed by atoms with Crippen LogP contribution in [0.15, 0.2) is 48.8 Å². The lowest BCUT2D eigenvalue weighted by molar-refractivity contribution is 0.0936. The second kappa shape index (κ2) is 7.40. The number of benzene rings is 1. The van der Waals surface area contributed by atoms with Crippen molar-refractivity contribution in [3.05, 3.63) is 59.9 Å². The maximum absolute atomic E-state index is 12.8. The Bertz CT molecular complexity index is 894. The lowest BCUT2D eigenvalue weighted by Gasteiger charge is -2.15. The first-order valence-corrected chi connectivity index (χ1v) is 8.32. The summed E-state index contributed by atoms with van der Waals surface area (Å²) >= 11 is 0. The third-order valence-electron chi connectivity index (χ3n) is 4.11. The number of pyridine rings is 2. The number of nitrogens with one attached hydrogen (secondary N) is 1. The van der Waals surface area contributed by atoms with Crippen LogP contribution in [0, 0.1) is 6.92 Å². The van der Waals surface area contributed by atoms with Gasteiger partial charge in [-0.3, -0.25) is 9.78 Å². The Morgan fingerprint density at radius 1 is 1.28 bits per heavy atom. The van der Waals surface area contributed by atoms with Crippen molar-refractivity contribution < 1.29 is 9.90 Å². The van der Waals surface area contributed by atoms with Crippen molar-refractivity contribution in [1.82, 2.24) is 15.3 Å². The number of nitrogens with zero attached hydrogens (tertiary/aromatic N) is 2.